The zero-order valence-corrected chi connectivity index (χ0v) is 11.9. The van der Waals surface area contributed by atoms with Gasteiger partial charge in [0.2, 0.25) is 0 Å². The van der Waals surface area contributed by atoms with Gasteiger partial charge in [0.05, 0.1) is 0 Å². The monoisotopic (exact) mass is 248 g/mol. The summed E-state index contributed by atoms with van der Waals surface area (Å²) in [4.78, 5) is 0. The standard InChI is InChI=1S/C19H20/c1-5-18(14(2)3)19-13-17(12-11-15(19)4)16-9-7-6-8-10-16/h5-13H,1H2,2-4H3. The molecule has 0 heterocycles. The maximum Gasteiger partial charge on any atom is -0.0149 e. The molecule has 0 N–H and O–H groups in total. The number of rotatable bonds is 3. The molecule has 0 aliphatic heterocycles. The minimum Gasteiger partial charge on any atom is -0.0985 e. The maximum absolute atomic E-state index is 3.94. The van der Waals surface area contributed by atoms with E-state index in [0.717, 1.165) is 0 Å². The summed E-state index contributed by atoms with van der Waals surface area (Å²) < 4.78 is 0. The fourth-order valence-electron chi connectivity index (χ4n) is 2.31. The predicted molar refractivity (Wildman–Crippen MR) is 85.1 cm³/mol. The molecule has 0 aromatic heterocycles. The molecular formula is C19H20. The van der Waals surface area contributed by atoms with Crippen LogP contribution in [-0.2, 0) is 0 Å². The Morgan fingerprint density at radius 1 is 0.947 bits per heavy atom. The average Bonchev–Trinajstić information content (AvgIpc) is 2.42. The van der Waals surface area contributed by atoms with Gasteiger partial charge in [0.15, 0.2) is 0 Å². The van der Waals surface area contributed by atoms with Crippen molar-refractivity contribution in [1.82, 2.24) is 0 Å². The summed E-state index contributed by atoms with van der Waals surface area (Å²) in [5.74, 6) is 0. The van der Waals surface area contributed by atoms with Crippen LogP contribution in [0.2, 0.25) is 0 Å². The quantitative estimate of drug-likeness (QED) is 0.616. The van der Waals surface area contributed by atoms with Gasteiger partial charge in [-0.3, -0.25) is 0 Å². The van der Waals surface area contributed by atoms with Crippen molar-refractivity contribution in [2.75, 3.05) is 0 Å². The van der Waals surface area contributed by atoms with Crippen LogP contribution in [0.5, 0.6) is 0 Å². The Bertz CT molecular complexity index is 612. The first-order valence-electron chi connectivity index (χ1n) is 6.60. The van der Waals surface area contributed by atoms with Gasteiger partial charge >= 0.3 is 0 Å². The van der Waals surface area contributed by atoms with Crippen LogP contribution in [0.1, 0.15) is 25.0 Å². The van der Waals surface area contributed by atoms with Crippen molar-refractivity contribution in [1.29, 1.82) is 0 Å². The fourth-order valence-corrected chi connectivity index (χ4v) is 2.31. The maximum atomic E-state index is 3.94. The number of hydrogen-bond donors (Lipinski definition) is 0. The van der Waals surface area contributed by atoms with E-state index in [4.69, 9.17) is 0 Å². The number of aryl methyl sites for hydroxylation is 1. The molecule has 2 rings (SSSR count). The summed E-state index contributed by atoms with van der Waals surface area (Å²) in [5.41, 5.74) is 7.59. The van der Waals surface area contributed by atoms with E-state index < -0.39 is 0 Å². The average molecular weight is 248 g/mol. The topological polar surface area (TPSA) is 0 Å². The van der Waals surface area contributed by atoms with Crippen LogP contribution in [-0.4, -0.2) is 0 Å². The van der Waals surface area contributed by atoms with E-state index in [9.17, 15) is 0 Å². The van der Waals surface area contributed by atoms with Crippen LogP contribution >= 0.6 is 0 Å². The Hall–Kier alpha value is -2.08. The van der Waals surface area contributed by atoms with Crippen molar-refractivity contribution in [3.05, 3.63) is 77.9 Å². The lowest BCUT2D eigenvalue weighted by Crippen LogP contribution is -1.90. The number of benzene rings is 2. The van der Waals surface area contributed by atoms with Gasteiger partial charge < -0.3 is 0 Å². The second kappa shape index (κ2) is 5.71. The molecule has 0 saturated carbocycles. The molecule has 19 heavy (non-hydrogen) atoms. The van der Waals surface area contributed by atoms with Crippen LogP contribution in [0.15, 0.2) is 66.8 Å². The predicted octanol–water partition coefficient (Wildman–Crippen LogP) is 5.64. The van der Waals surface area contributed by atoms with E-state index >= 15 is 0 Å². The van der Waals surface area contributed by atoms with Gasteiger partial charge in [-0.05, 0) is 54.7 Å². The molecule has 0 bridgehead atoms. The lowest BCUT2D eigenvalue weighted by molar-refractivity contribution is 1.36. The molecule has 0 saturated heterocycles. The Balaban J connectivity index is 2.59. The van der Waals surface area contributed by atoms with E-state index in [2.05, 4.69) is 69.8 Å². The molecule has 0 aliphatic rings. The molecule has 2 aromatic rings. The van der Waals surface area contributed by atoms with Crippen LogP contribution in [0, 0.1) is 6.92 Å². The summed E-state index contributed by atoms with van der Waals surface area (Å²) in [6.45, 7) is 10.4. The third-order valence-corrected chi connectivity index (χ3v) is 3.38. The van der Waals surface area contributed by atoms with Gasteiger partial charge in [-0.1, -0.05) is 60.7 Å². The molecular weight excluding hydrogens is 228 g/mol. The molecule has 0 radical (unpaired) electrons. The van der Waals surface area contributed by atoms with Gasteiger partial charge in [0, 0.05) is 0 Å². The highest BCUT2D eigenvalue weighted by Gasteiger charge is 2.06. The van der Waals surface area contributed by atoms with Crippen LogP contribution in [0.3, 0.4) is 0 Å². The van der Waals surface area contributed by atoms with Crippen molar-refractivity contribution in [3.63, 3.8) is 0 Å². The zero-order valence-electron chi connectivity index (χ0n) is 11.9. The third kappa shape index (κ3) is 2.85. The summed E-state index contributed by atoms with van der Waals surface area (Å²) in [5, 5.41) is 0. The molecule has 96 valence electrons. The SMILES string of the molecule is C=CC(=C(C)C)c1cc(-c2ccccc2)ccc1C. The smallest absolute Gasteiger partial charge is 0.0149 e. The highest BCUT2D eigenvalue weighted by atomic mass is 14.1. The first-order valence-corrected chi connectivity index (χ1v) is 6.60. The van der Waals surface area contributed by atoms with Crippen molar-refractivity contribution < 1.29 is 0 Å². The minimum atomic E-state index is 1.23. The second-order valence-corrected chi connectivity index (χ2v) is 5.01. The van der Waals surface area contributed by atoms with Gasteiger partial charge in [0.1, 0.15) is 0 Å². The molecule has 0 amide bonds. The van der Waals surface area contributed by atoms with Crippen molar-refractivity contribution in [3.8, 4) is 11.1 Å². The summed E-state index contributed by atoms with van der Waals surface area (Å²) in [6.07, 6.45) is 1.95. The summed E-state index contributed by atoms with van der Waals surface area (Å²) in [6, 6.07) is 17.1. The summed E-state index contributed by atoms with van der Waals surface area (Å²) >= 11 is 0. The van der Waals surface area contributed by atoms with Crippen LogP contribution < -0.4 is 0 Å². The highest BCUT2D eigenvalue weighted by molar-refractivity contribution is 5.80. The van der Waals surface area contributed by atoms with Gasteiger partial charge in [-0.25, -0.2) is 0 Å². The minimum absolute atomic E-state index is 1.23. The number of allylic oxidation sites excluding steroid dienone is 3. The van der Waals surface area contributed by atoms with E-state index in [-0.39, 0.29) is 0 Å². The first kappa shape index (κ1) is 13.4. The molecule has 0 nitrogen and oxygen atoms in total. The number of hydrogen-bond acceptors (Lipinski definition) is 0. The Morgan fingerprint density at radius 2 is 1.63 bits per heavy atom. The summed E-state index contributed by atoms with van der Waals surface area (Å²) in [7, 11) is 0. The zero-order chi connectivity index (χ0) is 13.8. The normalized spacial score (nSPS) is 10.1. The first-order chi connectivity index (χ1) is 9.13. The molecule has 0 spiro atoms. The molecule has 0 heteroatoms. The van der Waals surface area contributed by atoms with Crippen molar-refractivity contribution in [2.45, 2.75) is 20.8 Å². The fraction of sp³-hybridized carbons (Fsp3) is 0.158. The van der Waals surface area contributed by atoms with Gasteiger partial charge in [0.25, 0.3) is 0 Å². The lowest BCUT2D eigenvalue weighted by atomic mass is 9.93. The highest BCUT2D eigenvalue weighted by Crippen LogP contribution is 2.28. The third-order valence-electron chi connectivity index (χ3n) is 3.38. The van der Waals surface area contributed by atoms with Crippen LogP contribution in [0.4, 0.5) is 0 Å². The lowest BCUT2D eigenvalue weighted by Gasteiger charge is -2.12. The van der Waals surface area contributed by atoms with Gasteiger partial charge in [-0.15, -0.1) is 0 Å². The van der Waals surface area contributed by atoms with Crippen molar-refractivity contribution in [2.24, 2.45) is 0 Å². The Morgan fingerprint density at radius 3 is 2.21 bits per heavy atom. The Labute approximate surface area is 116 Å². The molecule has 2 aromatic carbocycles. The van der Waals surface area contributed by atoms with E-state index in [1.54, 1.807) is 0 Å². The van der Waals surface area contributed by atoms with E-state index in [1.165, 1.54) is 33.4 Å². The molecule has 0 unspecified atom stereocenters. The largest absolute Gasteiger partial charge is 0.0985 e. The second-order valence-electron chi connectivity index (χ2n) is 5.01. The van der Waals surface area contributed by atoms with E-state index in [1.807, 2.05) is 12.1 Å². The molecule has 0 fully saturated rings. The van der Waals surface area contributed by atoms with Crippen molar-refractivity contribution >= 4 is 5.57 Å². The molecule has 0 atom stereocenters. The Kier molecular flexibility index (Phi) is 4.01. The molecule has 0 aliphatic carbocycles. The van der Waals surface area contributed by atoms with Crippen LogP contribution in [0.25, 0.3) is 16.7 Å². The van der Waals surface area contributed by atoms with Gasteiger partial charge in [-0.2, -0.15) is 0 Å². The van der Waals surface area contributed by atoms with E-state index in [0.29, 0.717) is 0 Å².